The van der Waals surface area contributed by atoms with Crippen molar-refractivity contribution in [3.8, 4) is 11.5 Å². The number of hydrogen-bond donors (Lipinski definition) is 2. The van der Waals surface area contributed by atoms with E-state index in [-0.39, 0.29) is 0 Å². The van der Waals surface area contributed by atoms with Crippen LogP contribution in [0.2, 0.25) is 0 Å². The van der Waals surface area contributed by atoms with Crippen LogP contribution in [0.5, 0.6) is 11.5 Å². The Balaban J connectivity index is 2.04. The number of carboxylic acids is 1. The maximum atomic E-state index is 11.2. The van der Waals surface area contributed by atoms with Gasteiger partial charge in [0, 0.05) is 12.1 Å². The van der Waals surface area contributed by atoms with E-state index >= 15 is 0 Å². The molecule has 1 heterocycles. The van der Waals surface area contributed by atoms with Crippen LogP contribution in [-0.2, 0) is 11.3 Å². The maximum absolute atomic E-state index is 11.2. The van der Waals surface area contributed by atoms with Gasteiger partial charge >= 0.3 is 5.97 Å². The Morgan fingerprint density at radius 2 is 2.10 bits per heavy atom. The van der Waals surface area contributed by atoms with E-state index in [0.29, 0.717) is 32.1 Å². The molecule has 0 saturated heterocycles. The van der Waals surface area contributed by atoms with Crippen molar-refractivity contribution < 1.29 is 19.4 Å². The van der Waals surface area contributed by atoms with Crippen molar-refractivity contribution in [1.82, 2.24) is 5.32 Å². The second-order valence-electron chi connectivity index (χ2n) is 5.34. The summed E-state index contributed by atoms with van der Waals surface area (Å²) in [5.41, 5.74) is 0.928. The van der Waals surface area contributed by atoms with E-state index in [1.807, 2.05) is 32.0 Å². The highest BCUT2D eigenvalue weighted by Crippen LogP contribution is 2.33. The number of hydrogen-bond acceptors (Lipinski definition) is 4. The molecule has 0 saturated carbocycles. The molecule has 1 aromatic rings. The molecule has 2 N–H and O–H groups in total. The number of fused-ring (bicyclic) bond motifs is 1. The standard InChI is InChI=1S/C15H21NO4/c1-10(2)8-12(15(17)18)16-9-11-4-3-5-13-14(11)20-7-6-19-13/h3-5,10,12,16H,6-9H2,1-2H3,(H,17,18). The van der Waals surface area contributed by atoms with Gasteiger partial charge in [-0.3, -0.25) is 4.79 Å². The van der Waals surface area contributed by atoms with Gasteiger partial charge in [-0.05, 0) is 18.4 Å². The quantitative estimate of drug-likeness (QED) is 0.834. The lowest BCUT2D eigenvalue weighted by molar-refractivity contribution is -0.140. The number of carboxylic acid groups (broad SMARTS) is 1. The van der Waals surface area contributed by atoms with Crippen LogP contribution in [0.3, 0.4) is 0 Å². The Morgan fingerprint density at radius 3 is 2.80 bits per heavy atom. The van der Waals surface area contributed by atoms with E-state index in [0.717, 1.165) is 17.1 Å². The number of carbonyl (C=O) groups is 1. The highest BCUT2D eigenvalue weighted by molar-refractivity contribution is 5.73. The molecule has 1 aliphatic rings. The molecule has 0 fully saturated rings. The highest BCUT2D eigenvalue weighted by atomic mass is 16.6. The molecular weight excluding hydrogens is 258 g/mol. The first kappa shape index (κ1) is 14.7. The lowest BCUT2D eigenvalue weighted by Crippen LogP contribution is -2.37. The molecule has 0 aromatic heterocycles. The molecule has 1 unspecified atom stereocenters. The molecular formula is C15H21NO4. The fourth-order valence-electron chi connectivity index (χ4n) is 2.25. The fourth-order valence-corrected chi connectivity index (χ4v) is 2.25. The molecule has 0 aliphatic carbocycles. The monoisotopic (exact) mass is 279 g/mol. The normalized spacial score (nSPS) is 15.2. The highest BCUT2D eigenvalue weighted by Gasteiger charge is 2.20. The molecule has 1 aliphatic heterocycles. The van der Waals surface area contributed by atoms with Crippen LogP contribution in [0, 0.1) is 5.92 Å². The van der Waals surface area contributed by atoms with Crippen molar-refractivity contribution >= 4 is 5.97 Å². The zero-order valence-electron chi connectivity index (χ0n) is 11.9. The van der Waals surface area contributed by atoms with Crippen molar-refractivity contribution in [2.75, 3.05) is 13.2 Å². The van der Waals surface area contributed by atoms with E-state index in [1.165, 1.54) is 0 Å². The third-order valence-electron chi connectivity index (χ3n) is 3.19. The third-order valence-corrected chi connectivity index (χ3v) is 3.19. The molecule has 1 aromatic carbocycles. The third kappa shape index (κ3) is 3.63. The van der Waals surface area contributed by atoms with Crippen LogP contribution < -0.4 is 14.8 Å². The number of aliphatic carboxylic acids is 1. The minimum absolute atomic E-state index is 0.327. The van der Waals surface area contributed by atoms with Gasteiger partial charge in [-0.2, -0.15) is 0 Å². The van der Waals surface area contributed by atoms with Crippen LogP contribution in [0.4, 0.5) is 0 Å². The molecule has 5 nitrogen and oxygen atoms in total. The van der Waals surface area contributed by atoms with Gasteiger partial charge in [-0.15, -0.1) is 0 Å². The van der Waals surface area contributed by atoms with Crippen molar-refractivity contribution in [2.45, 2.75) is 32.9 Å². The summed E-state index contributed by atoms with van der Waals surface area (Å²) in [5, 5.41) is 12.3. The summed E-state index contributed by atoms with van der Waals surface area (Å²) >= 11 is 0. The molecule has 20 heavy (non-hydrogen) atoms. The number of rotatable bonds is 6. The van der Waals surface area contributed by atoms with Gasteiger partial charge in [0.25, 0.3) is 0 Å². The molecule has 0 bridgehead atoms. The van der Waals surface area contributed by atoms with Crippen molar-refractivity contribution in [2.24, 2.45) is 5.92 Å². The molecule has 110 valence electrons. The molecule has 5 heteroatoms. The summed E-state index contributed by atoms with van der Waals surface area (Å²) in [6, 6.07) is 5.13. The second-order valence-corrected chi connectivity index (χ2v) is 5.34. The second kappa shape index (κ2) is 6.61. The van der Waals surface area contributed by atoms with Crippen molar-refractivity contribution in [1.29, 1.82) is 0 Å². The zero-order valence-corrected chi connectivity index (χ0v) is 11.9. The van der Waals surface area contributed by atoms with Crippen LogP contribution in [0.1, 0.15) is 25.8 Å². The first-order chi connectivity index (χ1) is 9.58. The Kier molecular flexibility index (Phi) is 4.84. The summed E-state index contributed by atoms with van der Waals surface area (Å²) < 4.78 is 11.1. The zero-order chi connectivity index (χ0) is 14.5. The van der Waals surface area contributed by atoms with Gasteiger partial charge in [-0.25, -0.2) is 0 Å². The average molecular weight is 279 g/mol. The van der Waals surface area contributed by atoms with Crippen molar-refractivity contribution in [3.63, 3.8) is 0 Å². The van der Waals surface area contributed by atoms with Gasteiger partial charge in [0.1, 0.15) is 19.3 Å². The number of ether oxygens (including phenoxy) is 2. The molecule has 0 spiro atoms. The van der Waals surface area contributed by atoms with E-state index < -0.39 is 12.0 Å². The molecule has 0 radical (unpaired) electrons. The smallest absolute Gasteiger partial charge is 0.320 e. The fraction of sp³-hybridized carbons (Fsp3) is 0.533. The van der Waals surface area contributed by atoms with E-state index in [1.54, 1.807) is 0 Å². The topological polar surface area (TPSA) is 67.8 Å². The van der Waals surface area contributed by atoms with Gasteiger partial charge in [0.05, 0.1) is 0 Å². The predicted octanol–water partition coefficient (Wildman–Crippen LogP) is 2.05. The first-order valence-corrected chi connectivity index (χ1v) is 6.91. The minimum atomic E-state index is -0.819. The number of benzene rings is 1. The Labute approximate surface area is 118 Å². The number of para-hydroxylation sites is 1. The Hall–Kier alpha value is -1.75. The van der Waals surface area contributed by atoms with E-state index in [2.05, 4.69) is 5.32 Å². The van der Waals surface area contributed by atoms with Crippen molar-refractivity contribution in [3.05, 3.63) is 23.8 Å². The van der Waals surface area contributed by atoms with Gasteiger partial charge in [-0.1, -0.05) is 26.0 Å². The van der Waals surface area contributed by atoms with Gasteiger partial charge in [0.15, 0.2) is 11.5 Å². The number of nitrogens with one attached hydrogen (secondary N) is 1. The van der Waals surface area contributed by atoms with Crippen LogP contribution >= 0.6 is 0 Å². The molecule has 2 rings (SSSR count). The molecule has 0 amide bonds. The summed E-state index contributed by atoms with van der Waals surface area (Å²) in [7, 11) is 0. The lowest BCUT2D eigenvalue weighted by Gasteiger charge is -2.22. The Bertz CT molecular complexity index is 473. The Morgan fingerprint density at radius 1 is 1.35 bits per heavy atom. The van der Waals surface area contributed by atoms with Crippen LogP contribution in [-0.4, -0.2) is 30.3 Å². The largest absolute Gasteiger partial charge is 0.486 e. The van der Waals surface area contributed by atoms with E-state index in [4.69, 9.17) is 9.47 Å². The minimum Gasteiger partial charge on any atom is -0.486 e. The van der Waals surface area contributed by atoms with Gasteiger partial charge in [0.2, 0.25) is 0 Å². The maximum Gasteiger partial charge on any atom is 0.320 e. The summed E-state index contributed by atoms with van der Waals surface area (Å²) in [5.74, 6) is 0.958. The molecule has 1 atom stereocenters. The van der Waals surface area contributed by atoms with Crippen LogP contribution in [0.15, 0.2) is 18.2 Å². The van der Waals surface area contributed by atoms with E-state index in [9.17, 15) is 9.90 Å². The SMILES string of the molecule is CC(C)CC(NCc1cccc2c1OCCO2)C(=O)O. The summed E-state index contributed by atoms with van der Waals surface area (Å²) in [6.45, 7) is 5.56. The summed E-state index contributed by atoms with van der Waals surface area (Å²) in [6.07, 6.45) is 0.599. The van der Waals surface area contributed by atoms with Gasteiger partial charge < -0.3 is 19.9 Å². The summed E-state index contributed by atoms with van der Waals surface area (Å²) in [4.78, 5) is 11.2. The lowest BCUT2D eigenvalue weighted by atomic mass is 10.0. The first-order valence-electron chi connectivity index (χ1n) is 6.91. The average Bonchev–Trinajstić information content (AvgIpc) is 2.42. The predicted molar refractivity (Wildman–Crippen MR) is 75.2 cm³/mol. The van der Waals surface area contributed by atoms with Crippen LogP contribution in [0.25, 0.3) is 0 Å².